The molecule has 2 unspecified atom stereocenters. The Morgan fingerprint density at radius 3 is 2.00 bits per heavy atom. The fraction of sp³-hybridized carbons (Fsp3) is 1.00. The van der Waals surface area contributed by atoms with E-state index in [2.05, 4.69) is 41.5 Å². The third-order valence-corrected chi connectivity index (χ3v) is 3.99. The third-order valence-electron chi connectivity index (χ3n) is 3.99. The second-order valence-corrected chi connectivity index (χ2v) is 5.65. The summed E-state index contributed by atoms with van der Waals surface area (Å²) in [5.74, 6) is 1.74. The van der Waals surface area contributed by atoms with Gasteiger partial charge in [-0.25, -0.2) is 0 Å². The molecule has 0 aromatic carbocycles. The second-order valence-electron chi connectivity index (χ2n) is 5.65. The molecule has 0 rings (SSSR count). The van der Waals surface area contributed by atoms with E-state index in [0.29, 0.717) is 5.41 Å². The Bertz CT molecular complexity index is 135. The summed E-state index contributed by atoms with van der Waals surface area (Å²) in [4.78, 5) is 0. The first-order chi connectivity index (χ1) is 6.45. The van der Waals surface area contributed by atoms with Crippen LogP contribution in [0.1, 0.15) is 73.6 Å². The van der Waals surface area contributed by atoms with Gasteiger partial charge in [-0.3, -0.25) is 0 Å². The molecule has 0 aromatic heterocycles. The Morgan fingerprint density at radius 1 is 1.00 bits per heavy atom. The van der Waals surface area contributed by atoms with E-state index in [1.165, 1.54) is 32.1 Å². The van der Waals surface area contributed by atoms with E-state index in [1.807, 2.05) is 0 Å². The van der Waals surface area contributed by atoms with Gasteiger partial charge in [-0.2, -0.15) is 0 Å². The molecule has 0 radical (unpaired) electrons. The molecule has 0 bridgehead atoms. The van der Waals surface area contributed by atoms with Crippen LogP contribution in [0.15, 0.2) is 0 Å². The Balaban J connectivity index is 4.07. The minimum Gasteiger partial charge on any atom is -0.0654 e. The molecule has 0 aromatic rings. The lowest BCUT2D eigenvalue weighted by Crippen LogP contribution is -2.27. The molecule has 0 saturated carbocycles. The Labute approximate surface area is 91.5 Å². The van der Waals surface area contributed by atoms with Crippen molar-refractivity contribution in [1.29, 1.82) is 0 Å². The zero-order chi connectivity index (χ0) is 11.2. The van der Waals surface area contributed by atoms with Crippen molar-refractivity contribution in [3.05, 3.63) is 0 Å². The van der Waals surface area contributed by atoms with Gasteiger partial charge in [0.1, 0.15) is 0 Å². The zero-order valence-corrected chi connectivity index (χ0v) is 11.2. The van der Waals surface area contributed by atoms with Gasteiger partial charge in [-0.05, 0) is 23.7 Å². The quantitative estimate of drug-likeness (QED) is 0.522. The van der Waals surface area contributed by atoms with E-state index in [9.17, 15) is 0 Å². The van der Waals surface area contributed by atoms with Gasteiger partial charge in [-0.15, -0.1) is 0 Å². The number of hydrogen-bond donors (Lipinski definition) is 0. The van der Waals surface area contributed by atoms with Crippen molar-refractivity contribution in [3.63, 3.8) is 0 Å². The normalized spacial score (nSPS) is 16.7. The van der Waals surface area contributed by atoms with Crippen LogP contribution < -0.4 is 0 Å². The van der Waals surface area contributed by atoms with Crippen LogP contribution in [0.5, 0.6) is 0 Å². The molecule has 14 heavy (non-hydrogen) atoms. The third kappa shape index (κ3) is 4.48. The summed E-state index contributed by atoms with van der Waals surface area (Å²) in [5.41, 5.74) is 0.530. The van der Waals surface area contributed by atoms with Crippen molar-refractivity contribution < 1.29 is 0 Å². The largest absolute Gasteiger partial charge is 0.0654 e. The maximum absolute atomic E-state index is 2.44. The smallest absolute Gasteiger partial charge is 0.0326 e. The first kappa shape index (κ1) is 14.0. The van der Waals surface area contributed by atoms with Gasteiger partial charge in [0.25, 0.3) is 0 Å². The second kappa shape index (κ2) is 6.48. The SMILES string of the molecule is CCCCC(C)C(C)C(C)(C)CCC. The molecule has 0 N–H and O–H groups in total. The van der Waals surface area contributed by atoms with Crippen LogP contribution in [0.2, 0.25) is 0 Å². The Morgan fingerprint density at radius 2 is 1.57 bits per heavy atom. The van der Waals surface area contributed by atoms with Crippen LogP contribution in [-0.2, 0) is 0 Å². The summed E-state index contributed by atoms with van der Waals surface area (Å²) in [6.07, 6.45) is 6.83. The van der Waals surface area contributed by atoms with Crippen molar-refractivity contribution in [1.82, 2.24) is 0 Å². The number of rotatable bonds is 7. The van der Waals surface area contributed by atoms with E-state index in [4.69, 9.17) is 0 Å². The van der Waals surface area contributed by atoms with Crippen molar-refractivity contribution in [3.8, 4) is 0 Å². The van der Waals surface area contributed by atoms with Crippen molar-refractivity contribution in [2.24, 2.45) is 17.3 Å². The van der Waals surface area contributed by atoms with E-state index in [0.717, 1.165) is 11.8 Å². The molecule has 0 spiro atoms. The summed E-state index contributed by atoms with van der Waals surface area (Å²) in [5, 5.41) is 0. The number of unbranched alkanes of at least 4 members (excludes halogenated alkanes) is 1. The van der Waals surface area contributed by atoms with E-state index in [1.54, 1.807) is 0 Å². The molecule has 0 fully saturated rings. The lowest BCUT2D eigenvalue weighted by molar-refractivity contribution is 0.143. The zero-order valence-electron chi connectivity index (χ0n) is 11.2. The van der Waals surface area contributed by atoms with Gasteiger partial charge in [0.2, 0.25) is 0 Å². The minimum atomic E-state index is 0.530. The highest BCUT2D eigenvalue weighted by Crippen LogP contribution is 2.38. The molecule has 0 heterocycles. The van der Waals surface area contributed by atoms with Gasteiger partial charge >= 0.3 is 0 Å². The van der Waals surface area contributed by atoms with Crippen LogP contribution in [0.25, 0.3) is 0 Å². The molecule has 0 heteroatoms. The molecule has 86 valence electrons. The predicted octanol–water partition coefficient (Wildman–Crippen LogP) is 5.28. The lowest BCUT2D eigenvalue weighted by Gasteiger charge is -2.36. The summed E-state index contributed by atoms with van der Waals surface area (Å²) in [6.45, 7) is 14.3. The lowest BCUT2D eigenvalue weighted by atomic mass is 9.70. The number of hydrogen-bond acceptors (Lipinski definition) is 0. The topological polar surface area (TPSA) is 0 Å². The van der Waals surface area contributed by atoms with E-state index < -0.39 is 0 Å². The highest BCUT2D eigenvalue weighted by Gasteiger charge is 2.28. The average Bonchev–Trinajstić information content (AvgIpc) is 2.12. The minimum absolute atomic E-state index is 0.530. The summed E-state index contributed by atoms with van der Waals surface area (Å²) >= 11 is 0. The van der Waals surface area contributed by atoms with Crippen LogP contribution in [0, 0.1) is 17.3 Å². The maximum Gasteiger partial charge on any atom is -0.0326 e. The Kier molecular flexibility index (Phi) is 6.48. The maximum atomic E-state index is 2.44. The van der Waals surface area contributed by atoms with Gasteiger partial charge in [0.15, 0.2) is 0 Å². The molecule has 0 amide bonds. The average molecular weight is 198 g/mol. The van der Waals surface area contributed by atoms with E-state index >= 15 is 0 Å². The molecule has 0 aliphatic rings. The summed E-state index contributed by atoms with van der Waals surface area (Å²) in [6, 6.07) is 0. The first-order valence-corrected chi connectivity index (χ1v) is 6.45. The van der Waals surface area contributed by atoms with Crippen molar-refractivity contribution in [2.45, 2.75) is 73.6 Å². The van der Waals surface area contributed by atoms with Crippen LogP contribution >= 0.6 is 0 Å². The van der Waals surface area contributed by atoms with Gasteiger partial charge < -0.3 is 0 Å². The van der Waals surface area contributed by atoms with Crippen molar-refractivity contribution >= 4 is 0 Å². The van der Waals surface area contributed by atoms with Crippen LogP contribution in [0.4, 0.5) is 0 Å². The standard InChI is InChI=1S/C14H30/c1-7-9-10-12(3)13(4)14(5,6)11-8-2/h12-13H,7-11H2,1-6H3. The van der Waals surface area contributed by atoms with Gasteiger partial charge in [0, 0.05) is 0 Å². The molecule has 0 nitrogen and oxygen atoms in total. The highest BCUT2D eigenvalue weighted by molar-refractivity contribution is 4.78. The molecule has 0 aliphatic heterocycles. The van der Waals surface area contributed by atoms with E-state index in [-0.39, 0.29) is 0 Å². The fourth-order valence-electron chi connectivity index (χ4n) is 2.42. The first-order valence-electron chi connectivity index (χ1n) is 6.45. The van der Waals surface area contributed by atoms with Crippen LogP contribution in [0.3, 0.4) is 0 Å². The molecule has 0 saturated heterocycles. The van der Waals surface area contributed by atoms with Gasteiger partial charge in [-0.1, -0.05) is 67.2 Å². The molecular weight excluding hydrogens is 168 g/mol. The predicted molar refractivity (Wildman–Crippen MR) is 66.5 cm³/mol. The van der Waals surface area contributed by atoms with Crippen LogP contribution in [-0.4, -0.2) is 0 Å². The fourth-order valence-corrected chi connectivity index (χ4v) is 2.42. The summed E-state index contributed by atoms with van der Waals surface area (Å²) in [7, 11) is 0. The Hall–Kier alpha value is 0. The monoisotopic (exact) mass is 198 g/mol. The summed E-state index contributed by atoms with van der Waals surface area (Å²) < 4.78 is 0. The highest BCUT2D eigenvalue weighted by atomic mass is 14.3. The van der Waals surface area contributed by atoms with Gasteiger partial charge in [0.05, 0.1) is 0 Å². The molecule has 0 aliphatic carbocycles. The molecule has 2 atom stereocenters. The molecular formula is C14H30. The van der Waals surface area contributed by atoms with Crippen molar-refractivity contribution in [2.75, 3.05) is 0 Å².